The smallest absolute Gasteiger partial charge is 0.331 e. The lowest BCUT2D eigenvalue weighted by Gasteiger charge is -2.25. The summed E-state index contributed by atoms with van der Waals surface area (Å²) in [6, 6.07) is 11.5. The molecule has 2 aromatic carbocycles. The molecule has 0 aliphatic carbocycles. The van der Waals surface area contributed by atoms with Crippen molar-refractivity contribution in [1.82, 2.24) is 10.2 Å². The molecule has 0 unspecified atom stereocenters. The van der Waals surface area contributed by atoms with Gasteiger partial charge in [-0.1, -0.05) is 28.1 Å². The number of nitrogens with one attached hydrogen (secondary N) is 1. The van der Waals surface area contributed by atoms with E-state index in [0.717, 1.165) is 10.5 Å². The average Bonchev–Trinajstić information content (AvgIpc) is 3.33. The Kier molecular flexibility index (Phi) is 6.78. The van der Waals surface area contributed by atoms with E-state index >= 15 is 0 Å². The zero-order valence-corrected chi connectivity index (χ0v) is 19.4. The standard InChI is InChI=1S/C24H18BrFN2O6/c1-32-20-10-15(19(25)11-21(20)34-13-14-4-6-16(26)7-5-14)9-18-22(29)27-24(31)28(23(18)30)12-17-3-2-8-33-17/h2-11H,12-13H2,1H3,(H,27,29,31)/b18-9+. The number of urea groups is 1. The number of rotatable bonds is 7. The van der Waals surface area contributed by atoms with Crippen molar-refractivity contribution >= 4 is 39.9 Å². The lowest BCUT2D eigenvalue weighted by molar-refractivity contribution is -0.130. The fourth-order valence-corrected chi connectivity index (χ4v) is 3.66. The van der Waals surface area contributed by atoms with E-state index in [9.17, 15) is 18.8 Å². The van der Waals surface area contributed by atoms with E-state index in [2.05, 4.69) is 21.2 Å². The summed E-state index contributed by atoms with van der Waals surface area (Å²) in [5, 5.41) is 2.16. The van der Waals surface area contributed by atoms with Crippen molar-refractivity contribution in [3.8, 4) is 11.5 Å². The molecule has 8 nitrogen and oxygen atoms in total. The molecule has 3 aromatic rings. The Morgan fingerprint density at radius 2 is 1.88 bits per heavy atom. The maximum absolute atomic E-state index is 13.1. The molecule has 1 fully saturated rings. The topological polar surface area (TPSA) is 98.1 Å². The molecule has 34 heavy (non-hydrogen) atoms. The molecule has 0 bridgehead atoms. The second kappa shape index (κ2) is 9.92. The van der Waals surface area contributed by atoms with Gasteiger partial charge in [0.1, 0.15) is 23.8 Å². The summed E-state index contributed by atoms with van der Waals surface area (Å²) < 4.78 is 30.0. The summed E-state index contributed by atoms with van der Waals surface area (Å²) in [6.07, 6.45) is 2.78. The van der Waals surface area contributed by atoms with E-state index in [1.165, 1.54) is 31.6 Å². The van der Waals surface area contributed by atoms with Crippen molar-refractivity contribution in [3.63, 3.8) is 0 Å². The molecule has 1 N–H and O–H groups in total. The first-order valence-corrected chi connectivity index (χ1v) is 10.8. The molecule has 0 saturated carbocycles. The molecule has 10 heteroatoms. The zero-order valence-electron chi connectivity index (χ0n) is 17.8. The van der Waals surface area contributed by atoms with Gasteiger partial charge in [-0.15, -0.1) is 0 Å². The highest BCUT2D eigenvalue weighted by Gasteiger charge is 2.36. The Labute approximate surface area is 202 Å². The van der Waals surface area contributed by atoms with Gasteiger partial charge in [-0.3, -0.25) is 19.8 Å². The number of barbiturate groups is 1. The molecule has 0 spiro atoms. The maximum atomic E-state index is 13.1. The number of imide groups is 2. The molecule has 2 heterocycles. The monoisotopic (exact) mass is 528 g/mol. The first-order valence-electron chi connectivity index (χ1n) is 10.0. The Morgan fingerprint density at radius 3 is 2.56 bits per heavy atom. The van der Waals surface area contributed by atoms with Crippen LogP contribution in [0.3, 0.4) is 0 Å². The van der Waals surface area contributed by atoms with Gasteiger partial charge in [0.25, 0.3) is 11.8 Å². The maximum Gasteiger partial charge on any atom is 0.331 e. The van der Waals surface area contributed by atoms with Crippen LogP contribution in [0, 0.1) is 5.82 Å². The second-order valence-corrected chi connectivity index (χ2v) is 8.08. The molecule has 0 atom stereocenters. The van der Waals surface area contributed by atoms with E-state index in [-0.39, 0.29) is 24.5 Å². The average molecular weight is 529 g/mol. The Bertz CT molecular complexity index is 1270. The molecule has 1 aliphatic rings. The van der Waals surface area contributed by atoms with Crippen molar-refractivity contribution in [2.75, 3.05) is 7.11 Å². The largest absolute Gasteiger partial charge is 0.493 e. The van der Waals surface area contributed by atoms with Gasteiger partial charge in [0, 0.05) is 4.47 Å². The van der Waals surface area contributed by atoms with Crippen LogP contribution >= 0.6 is 15.9 Å². The molecule has 4 rings (SSSR count). The van der Waals surface area contributed by atoms with Gasteiger partial charge in [0.15, 0.2) is 11.5 Å². The molecular formula is C24H18BrFN2O6. The van der Waals surface area contributed by atoms with Crippen LogP contribution in [0.4, 0.5) is 9.18 Å². The quantitative estimate of drug-likeness (QED) is 0.359. The number of carbonyl (C=O) groups excluding carboxylic acids is 3. The van der Waals surface area contributed by atoms with Gasteiger partial charge >= 0.3 is 6.03 Å². The third-order valence-corrected chi connectivity index (χ3v) is 5.66. The molecule has 0 radical (unpaired) electrons. The van der Waals surface area contributed by atoms with Gasteiger partial charge in [0.05, 0.1) is 19.9 Å². The predicted octanol–water partition coefficient (Wildman–Crippen LogP) is 4.43. The molecule has 1 saturated heterocycles. The van der Waals surface area contributed by atoms with Crippen LogP contribution in [0.25, 0.3) is 6.08 Å². The molecular weight excluding hydrogens is 511 g/mol. The van der Waals surface area contributed by atoms with Crippen LogP contribution in [0.5, 0.6) is 11.5 Å². The summed E-state index contributed by atoms with van der Waals surface area (Å²) in [7, 11) is 1.45. The van der Waals surface area contributed by atoms with E-state index in [4.69, 9.17) is 13.9 Å². The van der Waals surface area contributed by atoms with Gasteiger partial charge in [-0.2, -0.15) is 0 Å². The van der Waals surface area contributed by atoms with Crippen LogP contribution in [0.2, 0.25) is 0 Å². The Balaban J connectivity index is 1.59. The third kappa shape index (κ3) is 5.01. The van der Waals surface area contributed by atoms with Gasteiger partial charge in [-0.05, 0) is 53.6 Å². The van der Waals surface area contributed by atoms with Crippen LogP contribution < -0.4 is 14.8 Å². The first-order chi connectivity index (χ1) is 16.4. The fraction of sp³-hybridized carbons (Fsp3) is 0.125. The van der Waals surface area contributed by atoms with E-state index in [0.29, 0.717) is 27.3 Å². The minimum atomic E-state index is -0.829. The summed E-state index contributed by atoms with van der Waals surface area (Å²) in [5.41, 5.74) is 0.988. The number of benzene rings is 2. The zero-order chi connectivity index (χ0) is 24.2. The number of methoxy groups -OCH3 is 1. The minimum Gasteiger partial charge on any atom is -0.493 e. The van der Waals surface area contributed by atoms with E-state index in [1.54, 1.807) is 36.4 Å². The van der Waals surface area contributed by atoms with Gasteiger partial charge < -0.3 is 13.9 Å². The summed E-state index contributed by atoms with van der Waals surface area (Å²) in [6.45, 7) is 0.0528. The number of hydrogen-bond acceptors (Lipinski definition) is 6. The predicted molar refractivity (Wildman–Crippen MR) is 122 cm³/mol. The molecule has 1 aliphatic heterocycles. The van der Waals surface area contributed by atoms with Gasteiger partial charge in [-0.25, -0.2) is 9.18 Å². The highest BCUT2D eigenvalue weighted by atomic mass is 79.9. The molecule has 1 aromatic heterocycles. The summed E-state index contributed by atoms with van der Waals surface area (Å²) in [4.78, 5) is 38.4. The third-order valence-electron chi connectivity index (χ3n) is 4.97. The highest BCUT2D eigenvalue weighted by molar-refractivity contribution is 9.10. The van der Waals surface area contributed by atoms with Crippen LogP contribution in [-0.2, 0) is 22.7 Å². The van der Waals surface area contributed by atoms with Crippen molar-refractivity contribution in [1.29, 1.82) is 0 Å². The number of ether oxygens (including phenoxy) is 2. The van der Waals surface area contributed by atoms with Gasteiger partial charge in [0.2, 0.25) is 0 Å². The SMILES string of the molecule is COc1cc(/C=C2\C(=O)NC(=O)N(Cc3ccco3)C2=O)c(Br)cc1OCc1ccc(F)cc1. The van der Waals surface area contributed by atoms with Crippen molar-refractivity contribution in [2.24, 2.45) is 0 Å². The lowest BCUT2D eigenvalue weighted by Crippen LogP contribution is -2.53. The summed E-state index contributed by atoms with van der Waals surface area (Å²) >= 11 is 3.42. The first kappa shape index (κ1) is 23.2. The summed E-state index contributed by atoms with van der Waals surface area (Å²) in [5.74, 6) is -0.769. The normalized spacial score (nSPS) is 15.0. The number of furan rings is 1. The number of halogens is 2. The molecule has 4 amide bonds. The molecule has 174 valence electrons. The number of carbonyl (C=O) groups is 3. The van der Waals surface area contributed by atoms with Crippen molar-refractivity contribution in [2.45, 2.75) is 13.2 Å². The van der Waals surface area contributed by atoms with Crippen LogP contribution in [-0.4, -0.2) is 29.9 Å². The minimum absolute atomic E-state index is 0.122. The lowest BCUT2D eigenvalue weighted by atomic mass is 10.1. The van der Waals surface area contributed by atoms with Crippen molar-refractivity contribution in [3.05, 3.63) is 87.5 Å². The van der Waals surface area contributed by atoms with Crippen molar-refractivity contribution < 1.29 is 32.7 Å². The number of nitrogens with zero attached hydrogens (tertiary/aromatic N) is 1. The number of hydrogen-bond donors (Lipinski definition) is 1. The highest BCUT2D eigenvalue weighted by Crippen LogP contribution is 2.35. The number of amides is 4. The van der Waals surface area contributed by atoms with E-state index < -0.39 is 17.8 Å². The van der Waals surface area contributed by atoms with Crippen LogP contribution in [0.15, 0.2) is 69.3 Å². The van der Waals surface area contributed by atoms with Crippen LogP contribution in [0.1, 0.15) is 16.9 Å². The fourth-order valence-electron chi connectivity index (χ4n) is 3.23. The van der Waals surface area contributed by atoms with E-state index in [1.807, 2.05) is 0 Å². The second-order valence-electron chi connectivity index (χ2n) is 7.23. The Morgan fingerprint density at radius 1 is 1.12 bits per heavy atom. The Hall–Kier alpha value is -3.92.